The van der Waals surface area contributed by atoms with E-state index in [1.165, 1.54) is 0 Å². The Bertz CT molecular complexity index is 927. The number of fused-ring (bicyclic) bond motifs is 1. The second kappa shape index (κ2) is 8.75. The van der Waals surface area contributed by atoms with Gasteiger partial charge in [0.15, 0.2) is 0 Å². The fraction of sp³-hybridized carbons (Fsp3) is 0.391. The molecule has 2 aromatic carbocycles. The maximum absolute atomic E-state index is 12.5. The van der Waals surface area contributed by atoms with Crippen molar-refractivity contribution in [1.82, 2.24) is 4.90 Å². The summed E-state index contributed by atoms with van der Waals surface area (Å²) in [7, 11) is 0. The van der Waals surface area contributed by atoms with Crippen molar-refractivity contribution in [2.75, 3.05) is 13.1 Å². The fourth-order valence-electron chi connectivity index (χ4n) is 3.26. The number of halogens is 1. The van der Waals surface area contributed by atoms with Gasteiger partial charge in [0.1, 0.15) is 18.0 Å². The van der Waals surface area contributed by atoms with Gasteiger partial charge in [-0.2, -0.15) is 5.26 Å². The van der Waals surface area contributed by atoms with Gasteiger partial charge >= 0.3 is 6.09 Å². The topological polar surface area (TPSA) is 62.6 Å². The highest BCUT2D eigenvalue weighted by atomic mass is 35.5. The molecule has 0 bridgehead atoms. The third-order valence-corrected chi connectivity index (χ3v) is 5.01. The lowest BCUT2D eigenvalue weighted by atomic mass is 10.0. The molecular weight excluding hydrogens is 388 g/mol. The van der Waals surface area contributed by atoms with E-state index in [4.69, 9.17) is 26.3 Å². The van der Waals surface area contributed by atoms with Crippen LogP contribution in [0.1, 0.15) is 43.0 Å². The van der Waals surface area contributed by atoms with Crippen LogP contribution in [0.25, 0.3) is 0 Å². The van der Waals surface area contributed by atoms with Crippen LogP contribution in [0, 0.1) is 11.3 Å². The van der Waals surface area contributed by atoms with Gasteiger partial charge in [-0.05, 0) is 62.9 Å². The Labute approximate surface area is 176 Å². The van der Waals surface area contributed by atoms with E-state index in [2.05, 4.69) is 6.07 Å². The molecule has 1 amide bonds. The Morgan fingerprint density at radius 2 is 1.83 bits per heavy atom. The maximum Gasteiger partial charge on any atom is 0.410 e. The highest BCUT2D eigenvalue weighted by Crippen LogP contribution is 2.34. The molecule has 1 heterocycles. The van der Waals surface area contributed by atoms with Crippen LogP contribution >= 0.6 is 11.6 Å². The summed E-state index contributed by atoms with van der Waals surface area (Å²) < 4.78 is 11.6. The largest absolute Gasteiger partial charge is 0.487 e. The van der Waals surface area contributed by atoms with Crippen LogP contribution < -0.4 is 4.74 Å². The Hall–Kier alpha value is -2.71. The van der Waals surface area contributed by atoms with Crippen molar-refractivity contribution in [3.8, 4) is 11.8 Å². The first-order valence-electron chi connectivity index (χ1n) is 9.67. The zero-order chi connectivity index (χ0) is 21.0. The lowest BCUT2D eigenvalue weighted by molar-refractivity contribution is 0.0258. The summed E-state index contributed by atoms with van der Waals surface area (Å²) in [5.74, 6) is 0.666. The van der Waals surface area contributed by atoms with Crippen LogP contribution in [0.5, 0.6) is 5.75 Å². The van der Waals surface area contributed by atoms with E-state index in [-0.39, 0.29) is 6.09 Å². The van der Waals surface area contributed by atoms with Crippen LogP contribution in [0.2, 0.25) is 5.02 Å². The van der Waals surface area contributed by atoms with Crippen molar-refractivity contribution in [3.05, 3.63) is 63.7 Å². The minimum atomic E-state index is -0.519. The molecule has 0 N–H and O–H groups in total. The van der Waals surface area contributed by atoms with Gasteiger partial charge in [-0.25, -0.2) is 4.79 Å². The zero-order valence-electron chi connectivity index (χ0n) is 17.0. The number of benzene rings is 2. The summed E-state index contributed by atoms with van der Waals surface area (Å²) in [5.41, 5.74) is 3.23. The number of rotatable bonds is 3. The molecule has 1 aliphatic rings. The van der Waals surface area contributed by atoms with E-state index in [1.54, 1.807) is 17.0 Å². The lowest BCUT2D eigenvalue weighted by Crippen LogP contribution is -2.38. The van der Waals surface area contributed by atoms with Gasteiger partial charge in [0, 0.05) is 18.7 Å². The Kier molecular flexibility index (Phi) is 6.34. The van der Waals surface area contributed by atoms with Crippen molar-refractivity contribution in [2.45, 2.75) is 45.8 Å². The molecular formula is C23H25ClN2O3. The number of carbonyl (C=O) groups excluding carboxylic acids is 1. The molecule has 0 spiro atoms. The average molecular weight is 413 g/mol. The SMILES string of the molecule is CC(C)(C)OC(=O)N1CCc2ccc(Cl)c(OCc3ccc(C#N)cc3)c2CC1. The van der Waals surface area contributed by atoms with Crippen LogP contribution in [0.3, 0.4) is 0 Å². The molecule has 152 valence electrons. The van der Waals surface area contributed by atoms with E-state index < -0.39 is 5.60 Å². The number of hydrogen-bond acceptors (Lipinski definition) is 4. The summed E-state index contributed by atoms with van der Waals surface area (Å²) >= 11 is 6.44. The second-order valence-corrected chi connectivity index (χ2v) is 8.49. The van der Waals surface area contributed by atoms with Crippen LogP contribution in [-0.2, 0) is 24.2 Å². The highest BCUT2D eigenvalue weighted by Gasteiger charge is 2.26. The molecule has 0 atom stereocenters. The number of nitriles is 1. The quantitative estimate of drug-likeness (QED) is 0.701. The van der Waals surface area contributed by atoms with E-state index in [9.17, 15) is 4.79 Å². The molecule has 0 radical (unpaired) electrons. The van der Waals surface area contributed by atoms with Gasteiger partial charge < -0.3 is 14.4 Å². The molecule has 2 aromatic rings. The average Bonchev–Trinajstić information content (AvgIpc) is 2.89. The minimum Gasteiger partial charge on any atom is -0.487 e. The van der Waals surface area contributed by atoms with Gasteiger partial charge in [-0.1, -0.05) is 29.8 Å². The van der Waals surface area contributed by atoms with Crippen molar-refractivity contribution < 1.29 is 14.3 Å². The zero-order valence-corrected chi connectivity index (χ0v) is 17.8. The Morgan fingerprint density at radius 3 is 2.48 bits per heavy atom. The predicted molar refractivity (Wildman–Crippen MR) is 112 cm³/mol. The molecule has 3 rings (SSSR count). The number of carbonyl (C=O) groups is 1. The first-order valence-corrected chi connectivity index (χ1v) is 10.0. The number of ether oxygens (including phenoxy) is 2. The van der Waals surface area contributed by atoms with Crippen molar-refractivity contribution in [2.24, 2.45) is 0 Å². The van der Waals surface area contributed by atoms with E-state index in [0.717, 1.165) is 23.1 Å². The molecule has 29 heavy (non-hydrogen) atoms. The molecule has 5 nitrogen and oxygen atoms in total. The number of hydrogen-bond donors (Lipinski definition) is 0. The summed E-state index contributed by atoms with van der Waals surface area (Å²) in [6.45, 7) is 7.11. The first kappa shape index (κ1) is 21.0. The normalized spacial score (nSPS) is 13.8. The fourth-order valence-corrected chi connectivity index (χ4v) is 3.49. The molecule has 0 aromatic heterocycles. The van der Waals surface area contributed by atoms with Crippen molar-refractivity contribution in [1.29, 1.82) is 5.26 Å². The number of amides is 1. The molecule has 6 heteroatoms. The third-order valence-electron chi connectivity index (χ3n) is 4.71. The molecule has 0 saturated carbocycles. The summed E-state index contributed by atoms with van der Waals surface area (Å²) in [6.07, 6.45) is 1.08. The molecule has 0 fully saturated rings. The Balaban J connectivity index is 1.74. The molecule has 0 saturated heterocycles. The second-order valence-electron chi connectivity index (χ2n) is 8.08. The van der Waals surface area contributed by atoms with Gasteiger partial charge in [-0.15, -0.1) is 0 Å². The van der Waals surface area contributed by atoms with E-state index in [0.29, 0.717) is 42.5 Å². The van der Waals surface area contributed by atoms with Crippen LogP contribution in [0.15, 0.2) is 36.4 Å². The van der Waals surface area contributed by atoms with Crippen LogP contribution in [0.4, 0.5) is 4.79 Å². The third kappa shape index (κ3) is 5.42. The van der Waals surface area contributed by atoms with Crippen molar-refractivity contribution >= 4 is 17.7 Å². The molecule has 1 aliphatic heterocycles. The number of nitrogens with zero attached hydrogens (tertiary/aromatic N) is 2. The predicted octanol–water partition coefficient (Wildman–Crippen LogP) is 5.13. The maximum atomic E-state index is 12.5. The summed E-state index contributed by atoms with van der Waals surface area (Å²) in [4.78, 5) is 14.2. The summed E-state index contributed by atoms with van der Waals surface area (Å²) in [5, 5.41) is 9.48. The van der Waals surface area contributed by atoms with Crippen LogP contribution in [-0.4, -0.2) is 29.7 Å². The van der Waals surface area contributed by atoms with E-state index in [1.807, 2.05) is 45.0 Å². The highest BCUT2D eigenvalue weighted by molar-refractivity contribution is 6.32. The van der Waals surface area contributed by atoms with Gasteiger partial charge in [-0.3, -0.25) is 0 Å². The Morgan fingerprint density at radius 1 is 1.14 bits per heavy atom. The molecule has 0 unspecified atom stereocenters. The monoisotopic (exact) mass is 412 g/mol. The summed E-state index contributed by atoms with van der Waals surface area (Å²) in [6, 6.07) is 13.2. The lowest BCUT2D eigenvalue weighted by Gasteiger charge is -2.26. The standard InChI is InChI=1S/C23H25ClN2O3/c1-23(2,3)29-22(27)26-12-10-18-8-9-20(24)21(19(18)11-13-26)28-15-17-6-4-16(14-25)5-7-17/h4-9H,10-13,15H2,1-3H3. The molecule has 0 aliphatic carbocycles. The van der Waals surface area contributed by atoms with Gasteiger partial charge in [0.25, 0.3) is 0 Å². The van der Waals surface area contributed by atoms with Gasteiger partial charge in [0.2, 0.25) is 0 Å². The van der Waals surface area contributed by atoms with Crippen molar-refractivity contribution in [3.63, 3.8) is 0 Å². The van der Waals surface area contributed by atoms with E-state index >= 15 is 0 Å². The minimum absolute atomic E-state index is 0.295. The smallest absolute Gasteiger partial charge is 0.410 e. The van der Waals surface area contributed by atoms with Gasteiger partial charge in [0.05, 0.1) is 16.7 Å². The first-order chi connectivity index (χ1) is 13.8.